The van der Waals surface area contributed by atoms with Crippen molar-refractivity contribution >= 4 is 5.82 Å². The van der Waals surface area contributed by atoms with Crippen LogP contribution in [0.3, 0.4) is 0 Å². The molecule has 1 N–H and O–H groups in total. The second kappa shape index (κ2) is 7.02. The zero-order valence-corrected chi connectivity index (χ0v) is 12.7. The fourth-order valence-electron chi connectivity index (χ4n) is 2.46. The minimum absolute atomic E-state index is 0.0200. The fraction of sp³-hybridized carbons (Fsp3) is 0.667. The van der Waals surface area contributed by atoms with Crippen molar-refractivity contribution in [2.24, 2.45) is 0 Å². The van der Waals surface area contributed by atoms with Gasteiger partial charge in [0.1, 0.15) is 5.82 Å². The summed E-state index contributed by atoms with van der Waals surface area (Å²) in [7, 11) is 1.72. The highest BCUT2D eigenvalue weighted by Crippen LogP contribution is 2.27. The van der Waals surface area contributed by atoms with Crippen LogP contribution in [0.15, 0.2) is 18.3 Å². The standard InChI is InChI=1S/C15H25N3O2/c1-15(2)12-20-10-8-18(15)14-13(5-4-6-17-14)11-16-7-9-19-3/h4-6,16H,7-12H2,1-3H3. The summed E-state index contributed by atoms with van der Waals surface area (Å²) >= 11 is 0. The van der Waals surface area contributed by atoms with Gasteiger partial charge in [0.2, 0.25) is 0 Å². The lowest BCUT2D eigenvalue weighted by atomic mass is 10.0. The van der Waals surface area contributed by atoms with Crippen LogP contribution in [0.5, 0.6) is 0 Å². The summed E-state index contributed by atoms with van der Waals surface area (Å²) < 4.78 is 10.6. The van der Waals surface area contributed by atoms with Crippen LogP contribution in [0.1, 0.15) is 19.4 Å². The molecule has 1 aromatic heterocycles. The van der Waals surface area contributed by atoms with Crippen molar-refractivity contribution in [1.82, 2.24) is 10.3 Å². The van der Waals surface area contributed by atoms with Crippen molar-refractivity contribution in [2.45, 2.75) is 25.9 Å². The molecule has 0 radical (unpaired) electrons. The number of pyridine rings is 1. The van der Waals surface area contributed by atoms with Gasteiger partial charge in [0, 0.05) is 38.5 Å². The number of ether oxygens (including phenoxy) is 2. The van der Waals surface area contributed by atoms with Crippen LogP contribution >= 0.6 is 0 Å². The summed E-state index contributed by atoms with van der Waals surface area (Å²) in [5, 5.41) is 3.39. The Hall–Kier alpha value is -1.17. The zero-order chi connectivity index (χ0) is 14.4. The van der Waals surface area contributed by atoms with E-state index in [2.05, 4.69) is 35.1 Å². The topological polar surface area (TPSA) is 46.6 Å². The molecule has 1 saturated heterocycles. The van der Waals surface area contributed by atoms with E-state index in [1.807, 2.05) is 12.3 Å². The predicted molar refractivity (Wildman–Crippen MR) is 80.1 cm³/mol. The van der Waals surface area contributed by atoms with Gasteiger partial charge in [-0.1, -0.05) is 6.07 Å². The Morgan fingerprint density at radius 1 is 1.50 bits per heavy atom. The van der Waals surface area contributed by atoms with Crippen LogP contribution in [0.4, 0.5) is 5.82 Å². The quantitative estimate of drug-likeness (QED) is 0.798. The maximum atomic E-state index is 5.59. The van der Waals surface area contributed by atoms with Crippen LogP contribution in [0, 0.1) is 0 Å². The number of methoxy groups -OCH3 is 1. The van der Waals surface area contributed by atoms with Crippen LogP contribution in [0.25, 0.3) is 0 Å². The number of nitrogens with zero attached hydrogens (tertiary/aromatic N) is 2. The van der Waals surface area contributed by atoms with Gasteiger partial charge in [-0.25, -0.2) is 4.98 Å². The lowest BCUT2D eigenvalue weighted by Crippen LogP contribution is -2.54. The molecule has 2 heterocycles. The molecule has 5 nitrogen and oxygen atoms in total. The minimum atomic E-state index is -0.0200. The summed E-state index contributed by atoms with van der Waals surface area (Å²) in [6, 6.07) is 4.12. The third kappa shape index (κ3) is 3.69. The van der Waals surface area contributed by atoms with E-state index < -0.39 is 0 Å². The number of rotatable bonds is 6. The Kier molecular flexibility index (Phi) is 5.34. The maximum absolute atomic E-state index is 5.59. The summed E-state index contributed by atoms with van der Waals surface area (Å²) in [4.78, 5) is 6.95. The average molecular weight is 279 g/mol. The Balaban J connectivity index is 2.10. The second-order valence-electron chi connectivity index (χ2n) is 5.67. The Labute approximate surface area is 121 Å². The largest absolute Gasteiger partial charge is 0.383 e. The van der Waals surface area contributed by atoms with Crippen molar-refractivity contribution in [3.05, 3.63) is 23.9 Å². The smallest absolute Gasteiger partial charge is 0.133 e. The highest BCUT2D eigenvalue weighted by Gasteiger charge is 2.32. The third-order valence-electron chi connectivity index (χ3n) is 3.57. The lowest BCUT2D eigenvalue weighted by Gasteiger charge is -2.43. The highest BCUT2D eigenvalue weighted by atomic mass is 16.5. The molecule has 0 bridgehead atoms. The van der Waals surface area contributed by atoms with E-state index in [9.17, 15) is 0 Å². The van der Waals surface area contributed by atoms with Gasteiger partial charge in [0.15, 0.2) is 0 Å². The number of anilines is 1. The molecule has 0 unspecified atom stereocenters. The van der Waals surface area contributed by atoms with Crippen molar-refractivity contribution in [3.63, 3.8) is 0 Å². The van der Waals surface area contributed by atoms with Crippen LogP contribution < -0.4 is 10.2 Å². The van der Waals surface area contributed by atoms with Gasteiger partial charge in [-0.15, -0.1) is 0 Å². The minimum Gasteiger partial charge on any atom is -0.383 e. The molecule has 0 saturated carbocycles. The first kappa shape index (κ1) is 15.2. The first-order valence-electron chi connectivity index (χ1n) is 7.14. The molecule has 1 fully saturated rings. The van der Waals surface area contributed by atoms with Crippen LogP contribution in [0.2, 0.25) is 0 Å². The molecule has 20 heavy (non-hydrogen) atoms. The first-order valence-corrected chi connectivity index (χ1v) is 7.14. The lowest BCUT2D eigenvalue weighted by molar-refractivity contribution is 0.0638. The molecular formula is C15H25N3O2. The van der Waals surface area contributed by atoms with E-state index >= 15 is 0 Å². The van der Waals surface area contributed by atoms with Crippen molar-refractivity contribution < 1.29 is 9.47 Å². The van der Waals surface area contributed by atoms with Crippen molar-refractivity contribution in [3.8, 4) is 0 Å². The number of hydrogen-bond donors (Lipinski definition) is 1. The van der Waals surface area contributed by atoms with Gasteiger partial charge in [0.05, 0.1) is 25.4 Å². The van der Waals surface area contributed by atoms with Crippen LogP contribution in [-0.2, 0) is 16.0 Å². The molecule has 1 aliphatic heterocycles. The molecule has 5 heteroatoms. The maximum Gasteiger partial charge on any atom is 0.133 e. The highest BCUT2D eigenvalue weighted by molar-refractivity contribution is 5.49. The fourth-order valence-corrected chi connectivity index (χ4v) is 2.46. The monoisotopic (exact) mass is 279 g/mol. The summed E-state index contributed by atoms with van der Waals surface area (Å²) in [6.45, 7) is 9.15. The Bertz CT molecular complexity index is 423. The van der Waals surface area contributed by atoms with E-state index in [4.69, 9.17) is 9.47 Å². The second-order valence-corrected chi connectivity index (χ2v) is 5.67. The van der Waals surface area contributed by atoms with Crippen molar-refractivity contribution in [2.75, 3.05) is 44.9 Å². The van der Waals surface area contributed by atoms with Gasteiger partial charge in [-0.3, -0.25) is 0 Å². The first-order chi connectivity index (χ1) is 9.65. The molecule has 0 aliphatic carbocycles. The third-order valence-corrected chi connectivity index (χ3v) is 3.57. The SMILES string of the molecule is COCCNCc1cccnc1N1CCOCC1(C)C. The zero-order valence-electron chi connectivity index (χ0n) is 12.7. The Morgan fingerprint density at radius 3 is 3.10 bits per heavy atom. The summed E-state index contributed by atoms with van der Waals surface area (Å²) in [5.74, 6) is 1.06. The van der Waals surface area contributed by atoms with E-state index in [0.717, 1.165) is 45.3 Å². The van der Waals surface area contributed by atoms with Crippen molar-refractivity contribution in [1.29, 1.82) is 0 Å². The van der Waals surface area contributed by atoms with E-state index in [1.54, 1.807) is 7.11 Å². The van der Waals surface area contributed by atoms with Gasteiger partial charge < -0.3 is 19.7 Å². The molecule has 112 valence electrons. The molecule has 0 amide bonds. The molecular weight excluding hydrogens is 254 g/mol. The molecule has 1 aromatic rings. The number of morpholine rings is 1. The average Bonchev–Trinajstić information content (AvgIpc) is 2.44. The van der Waals surface area contributed by atoms with E-state index in [-0.39, 0.29) is 5.54 Å². The summed E-state index contributed by atoms with van der Waals surface area (Å²) in [5.41, 5.74) is 1.20. The number of nitrogens with one attached hydrogen (secondary N) is 1. The van der Waals surface area contributed by atoms with Gasteiger partial charge in [0.25, 0.3) is 0 Å². The van der Waals surface area contributed by atoms with Gasteiger partial charge in [-0.05, 0) is 19.9 Å². The molecule has 1 aliphatic rings. The summed E-state index contributed by atoms with van der Waals surface area (Å²) in [6.07, 6.45) is 1.86. The molecule has 0 aromatic carbocycles. The van der Waals surface area contributed by atoms with E-state index in [1.165, 1.54) is 5.56 Å². The normalized spacial score (nSPS) is 18.2. The van der Waals surface area contributed by atoms with Gasteiger partial charge >= 0.3 is 0 Å². The Morgan fingerprint density at radius 2 is 2.35 bits per heavy atom. The number of aromatic nitrogens is 1. The van der Waals surface area contributed by atoms with Crippen LogP contribution in [-0.4, -0.2) is 50.5 Å². The van der Waals surface area contributed by atoms with Gasteiger partial charge in [-0.2, -0.15) is 0 Å². The molecule has 2 rings (SSSR count). The molecule has 0 atom stereocenters. The van der Waals surface area contributed by atoms with E-state index in [0.29, 0.717) is 0 Å². The number of hydrogen-bond acceptors (Lipinski definition) is 5. The molecule has 0 spiro atoms. The predicted octanol–water partition coefficient (Wildman–Crippen LogP) is 1.43.